The summed E-state index contributed by atoms with van der Waals surface area (Å²) in [5.74, 6) is 0. The first-order valence-corrected chi connectivity index (χ1v) is 7.50. The van der Waals surface area contributed by atoms with E-state index in [1.165, 1.54) is 18.9 Å². The Labute approximate surface area is 125 Å². The Kier molecular flexibility index (Phi) is 6.54. The molecule has 1 saturated heterocycles. The van der Waals surface area contributed by atoms with Gasteiger partial charge in [-0.3, -0.25) is 4.90 Å². The van der Waals surface area contributed by atoms with Gasteiger partial charge in [-0.05, 0) is 31.0 Å². The summed E-state index contributed by atoms with van der Waals surface area (Å²) in [4.78, 5) is 2.27. The van der Waals surface area contributed by atoms with Crippen LogP contribution < -0.4 is 5.32 Å². The maximum atomic E-state index is 12.8. The second-order valence-corrected chi connectivity index (χ2v) is 5.57. The van der Waals surface area contributed by atoms with Crippen LogP contribution in [0, 0.1) is 0 Å². The fraction of sp³-hybridized carbons (Fsp3) is 0.625. The molecule has 0 aromatic heterocycles. The number of alkyl halides is 2. The van der Waals surface area contributed by atoms with Crippen LogP contribution in [0.4, 0.5) is 8.78 Å². The summed E-state index contributed by atoms with van der Waals surface area (Å²) in [6.07, 6.45) is -0.0154. The van der Waals surface area contributed by atoms with Crippen LogP contribution in [0.2, 0.25) is 0 Å². The van der Waals surface area contributed by atoms with E-state index in [4.69, 9.17) is 4.74 Å². The van der Waals surface area contributed by atoms with E-state index in [9.17, 15) is 8.78 Å². The number of rotatable bonds is 8. The van der Waals surface area contributed by atoms with Crippen LogP contribution in [0.15, 0.2) is 24.3 Å². The van der Waals surface area contributed by atoms with Gasteiger partial charge in [-0.1, -0.05) is 18.2 Å². The molecule has 1 aliphatic rings. The molecule has 0 amide bonds. The molecule has 0 bridgehead atoms. The summed E-state index contributed by atoms with van der Waals surface area (Å²) < 4.78 is 30.7. The van der Waals surface area contributed by atoms with E-state index in [0.29, 0.717) is 19.2 Å². The van der Waals surface area contributed by atoms with E-state index in [-0.39, 0.29) is 5.56 Å². The van der Waals surface area contributed by atoms with E-state index in [1.807, 2.05) is 6.07 Å². The second-order valence-electron chi connectivity index (χ2n) is 5.57. The molecule has 0 aliphatic carbocycles. The largest absolute Gasteiger partial charge is 0.383 e. The first-order chi connectivity index (χ1) is 10.2. The van der Waals surface area contributed by atoms with Gasteiger partial charge in [-0.25, -0.2) is 8.78 Å². The summed E-state index contributed by atoms with van der Waals surface area (Å²) in [6.45, 7) is 4.16. The molecule has 3 nitrogen and oxygen atoms in total. The molecule has 0 spiro atoms. The molecule has 0 saturated carbocycles. The normalized spacial score (nSPS) is 18.8. The smallest absolute Gasteiger partial charge is 0.263 e. The van der Waals surface area contributed by atoms with Crippen LogP contribution >= 0.6 is 0 Å². The molecular weight excluding hydrogens is 274 g/mol. The van der Waals surface area contributed by atoms with Gasteiger partial charge < -0.3 is 10.1 Å². The van der Waals surface area contributed by atoms with Gasteiger partial charge in [0.1, 0.15) is 0 Å². The van der Waals surface area contributed by atoms with E-state index in [1.54, 1.807) is 19.2 Å². The minimum atomic E-state index is -2.41. The molecular formula is C16H24F2N2O. The monoisotopic (exact) mass is 298 g/mol. The Bertz CT molecular complexity index is 422. The van der Waals surface area contributed by atoms with Crippen molar-refractivity contribution in [2.45, 2.75) is 31.9 Å². The number of halogens is 2. The molecule has 1 aromatic rings. The quantitative estimate of drug-likeness (QED) is 0.799. The van der Waals surface area contributed by atoms with Gasteiger partial charge in [-0.2, -0.15) is 0 Å². The average Bonchev–Trinajstić information content (AvgIpc) is 2.98. The van der Waals surface area contributed by atoms with Gasteiger partial charge in [0.05, 0.1) is 6.61 Å². The number of hydrogen-bond acceptors (Lipinski definition) is 3. The van der Waals surface area contributed by atoms with Crippen LogP contribution in [-0.4, -0.2) is 44.3 Å². The number of methoxy groups -OCH3 is 1. The fourth-order valence-electron chi connectivity index (χ4n) is 2.76. The zero-order chi connectivity index (χ0) is 15.1. The number of benzene rings is 1. The number of hydrogen-bond donors (Lipinski definition) is 1. The summed E-state index contributed by atoms with van der Waals surface area (Å²) in [6, 6.07) is 7.20. The Morgan fingerprint density at radius 1 is 1.43 bits per heavy atom. The predicted octanol–water partition coefficient (Wildman–Crippen LogP) is 2.82. The predicted molar refractivity (Wildman–Crippen MR) is 79.6 cm³/mol. The summed E-state index contributed by atoms with van der Waals surface area (Å²) in [5, 5.41) is 3.48. The molecule has 1 unspecified atom stereocenters. The van der Waals surface area contributed by atoms with Crippen LogP contribution in [-0.2, 0) is 11.3 Å². The average molecular weight is 298 g/mol. The second kappa shape index (κ2) is 8.41. The maximum Gasteiger partial charge on any atom is 0.263 e. The third-order valence-corrected chi connectivity index (χ3v) is 3.86. The molecule has 2 rings (SSSR count). The lowest BCUT2D eigenvalue weighted by Crippen LogP contribution is -2.38. The highest BCUT2D eigenvalue weighted by Crippen LogP contribution is 2.20. The molecule has 1 fully saturated rings. The summed E-state index contributed by atoms with van der Waals surface area (Å²) in [5.41, 5.74) is 1.03. The van der Waals surface area contributed by atoms with Gasteiger partial charge in [0.15, 0.2) is 0 Å². The van der Waals surface area contributed by atoms with Crippen LogP contribution in [0.3, 0.4) is 0 Å². The molecule has 1 heterocycles. The third kappa shape index (κ3) is 5.34. The maximum absolute atomic E-state index is 12.8. The van der Waals surface area contributed by atoms with Crippen LogP contribution in [0.25, 0.3) is 0 Å². The van der Waals surface area contributed by atoms with E-state index in [2.05, 4.69) is 10.2 Å². The van der Waals surface area contributed by atoms with Crippen LogP contribution in [0.1, 0.15) is 30.4 Å². The lowest BCUT2D eigenvalue weighted by Gasteiger charge is -2.25. The Hall–Kier alpha value is -1.04. The van der Waals surface area contributed by atoms with Crippen molar-refractivity contribution in [3.8, 4) is 0 Å². The molecule has 1 atom stereocenters. The van der Waals surface area contributed by atoms with Crippen molar-refractivity contribution >= 4 is 0 Å². The first kappa shape index (κ1) is 16.3. The van der Waals surface area contributed by atoms with Crippen molar-refractivity contribution in [3.63, 3.8) is 0 Å². The highest BCUT2D eigenvalue weighted by molar-refractivity contribution is 5.24. The van der Waals surface area contributed by atoms with Crippen LogP contribution in [0.5, 0.6) is 0 Å². The van der Waals surface area contributed by atoms with Crippen molar-refractivity contribution in [1.29, 1.82) is 0 Å². The van der Waals surface area contributed by atoms with Crippen molar-refractivity contribution in [3.05, 3.63) is 35.4 Å². The molecule has 118 valence electrons. The third-order valence-electron chi connectivity index (χ3n) is 3.86. The van der Waals surface area contributed by atoms with Crippen molar-refractivity contribution < 1.29 is 13.5 Å². The topological polar surface area (TPSA) is 24.5 Å². The minimum absolute atomic E-state index is 0.0955. The summed E-state index contributed by atoms with van der Waals surface area (Å²) >= 11 is 0. The standard InChI is InChI=1S/C16H24F2N2O/c1-21-9-8-20(12-15-6-3-7-19-15)11-13-4-2-5-14(10-13)16(17)18/h2,4-5,10,15-16,19H,3,6-9,11-12H2,1H3. The highest BCUT2D eigenvalue weighted by Gasteiger charge is 2.18. The fourth-order valence-corrected chi connectivity index (χ4v) is 2.76. The molecule has 1 N–H and O–H groups in total. The van der Waals surface area contributed by atoms with Gasteiger partial charge in [0.2, 0.25) is 0 Å². The minimum Gasteiger partial charge on any atom is -0.383 e. The number of ether oxygens (including phenoxy) is 1. The summed E-state index contributed by atoms with van der Waals surface area (Å²) in [7, 11) is 1.68. The van der Waals surface area contributed by atoms with E-state index in [0.717, 1.165) is 25.2 Å². The number of nitrogens with one attached hydrogen (secondary N) is 1. The van der Waals surface area contributed by atoms with E-state index >= 15 is 0 Å². The molecule has 5 heteroatoms. The Balaban J connectivity index is 1.97. The Morgan fingerprint density at radius 3 is 2.95 bits per heavy atom. The van der Waals surface area contributed by atoms with Crippen molar-refractivity contribution in [2.24, 2.45) is 0 Å². The molecule has 0 radical (unpaired) electrons. The van der Waals surface area contributed by atoms with Gasteiger partial charge in [-0.15, -0.1) is 0 Å². The first-order valence-electron chi connectivity index (χ1n) is 7.50. The van der Waals surface area contributed by atoms with Gasteiger partial charge in [0, 0.05) is 38.3 Å². The molecule has 1 aliphatic heterocycles. The lowest BCUT2D eigenvalue weighted by atomic mass is 10.1. The SMILES string of the molecule is COCCN(Cc1cccc(C(F)F)c1)CC1CCCN1. The zero-order valence-corrected chi connectivity index (χ0v) is 12.5. The lowest BCUT2D eigenvalue weighted by molar-refractivity contribution is 0.137. The molecule has 21 heavy (non-hydrogen) atoms. The van der Waals surface area contributed by atoms with Gasteiger partial charge in [0.25, 0.3) is 6.43 Å². The van der Waals surface area contributed by atoms with Gasteiger partial charge >= 0.3 is 0 Å². The Morgan fingerprint density at radius 2 is 2.29 bits per heavy atom. The number of nitrogens with zero attached hydrogens (tertiary/aromatic N) is 1. The van der Waals surface area contributed by atoms with Crippen molar-refractivity contribution in [1.82, 2.24) is 10.2 Å². The highest BCUT2D eigenvalue weighted by atomic mass is 19.3. The van der Waals surface area contributed by atoms with E-state index < -0.39 is 6.43 Å². The van der Waals surface area contributed by atoms with Crippen molar-refractivity contribution in [2.75, 3.05) is 33.4 Å². The molecule has 1 aromatic carbocycles. The zero-order valence-electron chi connectivity index (χ0n) is 12.5.